The van der Waals surface area contributed by atoms with Crippen molar-refractivity contribution in [2.75, 3.05) is 5.32 Å². The number of carbonyl (C=O) groups excluding carboxylic acids is 1. The molecule has 0 aliphatic carbocycles. The van der Waals surface area contributed by atoms with Crippen molar-refractivity contribution in [2.45, 2.75) is 17.3 Å². The van der Waals surface area contributed by atoms with E-state index in [0.29, 0.717) is 27.4 Å². The Kier molecular flexibility index (Phi) is 6.72. The highest BCUT2D eigenvalue weighted by atomic mass is 32.2. The normalized spacial score (nSPS) is 12.2. The highest BCUT2D eigenvalue weighted by Gasteiger charge is 2.18. The Labute approximate surface area is 190 Å². The number of nitrogens with zero attached hydrogens (tertiary/aromatic N) is 3. The van der Waals surface area contributed by atoms with Crippen LogP contribution in [0.1, 0.15) is 18.3 Å². The van der Waals surface area contributed by atoms with Crippen LogP contribution in [0.25, 0.3) is 23.4 Å². The number of anilines is 1. The van der Waals surface area contributed by atoms with Crippen LogP contribution in [0.5, 0.6) is 0 Å². The fourth-order valence-corrected chi connectivity index (χ4v) is 4.12. The number of halogens is 2. The van der Waals surface area contributed by atoms with Crippen LogP contribution >= 0.6 is 23.1 Å². The van der Waals surface area contributed by atoms with Gasteiger partial charge in [0.1, 0.15) is 5.82 Å². The fraction of sp³-hybridized carbons (Fsp3) is 0.0909. The molecule has 0 bridgehead atoms. The fourth-order valence-electron chi connectivity index (χ4n) is 2.66. The minimum Gasteiger partial charge on any atom is -0.301 e. The standard InChI is InChI=1S/C22H17F2N5OS2/c1-13(32-22-26-19(28-29-22)10-7-14-5-3-2-4-6-14)20(30)27-21-25-18(12-31-21)15-8-9-16(23)17(24)11-15/h2-13H,1H3,(H,25,27,30)(H,26,28,29)/b10-7+. The lowest BCUT2D eigenvalue weighted by Crippen LogP contribution is -2.22. The molecule has 10 heteroatoms. The molecular weight excluding hydrogens is 452 g/mol. The van der Waals surface area contributed by atoms with Gasteiger partial charge in [-0.15, -0.1) is 16.4 Å². The summed E-state index contributed by atoms with van der Waals surface area (Å²) in [6.45, 7) is 1.74. The summed E-state index contributed by atoms with van der Waals surface area (Å²) in [5.74, 6) is -1.56. The van der Waals surface area contributed by atoms with E-state index in [-0.39, 0.29) is 5.91 Å². The quantitative estimate of drug-likeness (QED) is 0.350. The Bertz CT molecular complexity index is 1260. The molecular formula is C22H17F2N5OS2. The highest BCUT2D eigenvalue weighted by Crippen LogP contribution is 2.27. The molecule has 4 rings (SSSR count). The number of hydrogen-bond acceptors (Lipinski definition) is 6. The molecule has 162 valence electrons. The second kappa shape index (κ2) is 9.84. The molecule has 0 saturated carbocycles. The molecule has 0 saturated heterocycles. The van der Waals surface area contributed by atoms with E-state index in [0.717, 1.165) is 17.7 Å². The van der Waals surface area contributed by atoms with E-state index < -0.39 is 16.9 Å². The van der Waals surface area contributed by atoms with Gasteiger partial charge in [-0.05, 0) is 36.8 Å². The van der Waals surface area contributed by atoms with E-state index in [9.17, 15) is 13.6 Å². The van der Waals surface area contributed by atoms with Crippen molar-refractivity contribution in [2.24, 2.45) is 0 Å². The Morgan fingerprint density at radius 3 is 2.72 bits per heavy atom. The maximum Gasteiger partial charge on any atom is 0.239 e. The second-order valence-corrected chi connectivity index (χ2v) is 8.83. The molecule has 0 aliphatic heterocycles. The van der Waals surface area contributed by atoms with Gasteiger partial charge in [0.05, 0.1) is 10.9 Å². The van der Waals surface area contributed by atoms with Crippen LogP contribution in [0, 0.1) is 11.6 Å². The summed E-state index contributed by atoms with van der Waals surface area (Å²) in [7, 11) is 0. The number of aromatic nitrogens is 4. The second-order valence-electron chi connectivity index (χ2n) is 6.66. The summed E-state index contributed by atoms with van der Waals surface area (Å²) in [5, 5.41) is 11.7. The minimum atomic E-state index is -0.949. The molecule has 2 aromatic carbocycles. The molecule has 2 heterocycles. The number of rotatable bonds is 7. The first-order chi connectivity index (χ1) is 15.5. The van der Waals surface area contributed by atoms with E-state index in [4.69, 9.17) is 0 Å². The van der Waals surface area contributed by atoms with Gasteiger partial charge in [-0.1, -0.05) is 48.2 Å². The molecule has 1 atom stereocenters. The number of benzene rings is 2. The molecule has 0 radical (unpaired) electrons. The summed E-state index contributed by atoms with van der Waals surface area (Å²) in [4.78, 5) is 21.2. The number of aromatic amines is 1. The van der Waals surface area contributed by atoms with Crippen molar-refractivity contribution >= 4 is 46.3 Å². The molecule has 1 amide bonds. The van der Waals surface area contributed by atoms with Crippen molar-refractivity contribution in [1.29, 1.82) is 0 Å². The number of nitrogens with one attached hydrogen (secondary N) is 2. The monoisotopic (exact) mass is 469 g/mol. The average molecular weight is 470 g/mol. The maximum absolute atomic E-state index is 13.4. The van der Waals surface area contributed by atoms with Gasteiger partial charge < -0.3 is 5.32 Å². The van der Waals surface area contributed by atoms with Crippen LogP contribution in [-0.2, 0) is 4.79 Å². The zero-order chi connectivity index (χ0) is 22.5. The number of thioether (sulfide) groups is 1. The highest BCUT2D eigenvalue weighted by molar-refractivity contribution is 8.00. The number of hydrogen-bond donors (Lipinski definition) is 2. The average Bonchev–Trinajstić information content (AvgIpc) is 3.44. The van der Waals surface area contributed by atoms with Gasteiger partial charge in [0, 0.05) is 10.9 Å². The largest absolute Gasteiger partial charge is 0.301 e. The molecule has 4 aromatic rings. The topological polar surface area (TPSA) is 83.6 Å². The van der Waals surface area contributed by atoms with Gasteiger partial charge >= 0.3 is 0 Å². The maximum atomic E-state index is 13.4. The molecule has 0 spiro atoms. The first kappa shape index (κ1) is 21.8. The summed E-state index contributed by atoms with van der Waals surface area (Å²) in [5.41, 5.74) is 1.92. The summed E-state index contributed by atoms with van der Waals surface area (Å²) in [6, 6.07) is 13.3. The molecule has 0 fully saturated rings. The Morgan fingerprint density at radius 2 is 1.94 bits per heavy atom. The first-order valence-corrected chi connectivity index (χ1v) is 11.3. The smallest absolute Gasteiger partial charge is 0.239 e. The van der Waals surface area contributed by atoms with Gasteiger partial charge in [-0.3, -0.25) is 9.89 Å². The van der Waals surface area contributed by atoms with Crippen molar-refractivity contribution < 1.29 is 13.6 Å². The van der Waals surface area contributed by atoms with Crippen molar-refractivity contribution in [3.63, 3.8) is 0 Å². The van der Waals surface area contributed by atoms with Gasteiger partial charge in [-0.2, -0.15) is 0 Å². The molecule has 6 nitrogen and oxygen atoms in total. The number of amides is 1. The van der Waals surface area contributed by atoms with E-state index in [1.165, 1.54) is 29.2 Å². The third kappa shape index (κ3) is 5.45. The lowest BCUT2D eigenvalue weighted by Gasteiger charge is -2.07. The van der Waals surface area contributed by atoms with Gasteiger partial charge in [0.2, 0.25) is 11.1 Å². The van der Waals surface area contributed by atoms with Crippen LogP contribution in [0.3, 0.4) is 0 Å². The van der Waals surface area contributed by atoms with Crippen molar-refractivity contribution in [1.82, 2.24) is 20.2 Å². The Morgan fingerprint density at radius 1 is 1.12 bits per heavy atom. The molecule has 0 aliphatic rings. The molecule has 2 N–H and O–H groups in total. The molecule has 2 aromatic heterocycles. The lowest BCUT2D eigenvalue weighted by atomic mass is 10.2. The number of carbonyl (C=O) groups is 1. The van der Waals surface area contributed by atoms with E-state index in [1.807, 2.05) is 42.5 Å². The van der Waals surface area contributed by atoms with E-state index in [2.05, 4.69) is 25.5 Å². The third-order valence-electron chi connectivity index (χ3n) is 4.32. The van der Waals surface area contributed by atoms with E-state index >= 15 is 0 Å². The predicted molar refractivity (Wildman–Crippen MR) is 123 cm³/mol. The van der Waals surface area contributed by atoms with Crippen LogP contribution in [0.2, 0.25) is 0 Å². The zero-order valence-electron chi connectivity index (χ0n) is 16.8. The SMILES string of the molecule is CC(Sc1n[nH]c(/C=C/c2ccccc2)n1)C(=O)Nc1nc(-c2ccc(F)c(F)c2)cs1. The summed E-state index contributed by atoms with van der Waals surface area (Å²) in [6.07, 6.45) is 3.73. The zero-order valence-corrected chi connectivity index (χ0v) is 18.4. The molecule has 32 heavy (non-hydrogen) atoms. The van der Waals surface area contributed by atoms with Gasteiger partial charge in [0.25, 0.3) is 0 Å². The van der Waals surface area contributed by atoms with Crippen LogP contribution in [-0.4, -0.2) is 31.3 Å². The van der Waals surface area contributed by atoms with Crippen molar-refractivity contribution in [3.05, 3.63) is 76.9 Å². The molecule has 1 unspecified atom stereocenters. The third-order valence-corrected chi connectivity index (χ3v) is 6.04. The van der Waals surface area contributed by atoms with Gasteiger partial charge in [-0.25, -0.2) is 18.7 Å². The number of H-pyrrole nitrogens is 1. The lowest BCUT2D eigenvalue weighted by molar-refractivity contribution is -0.115. The van der Waals surface area contributed by atoms with Crippen LogP contribution in [0.15, 0.2) is 59.1 Å². The number of thiazole rings is 1. The summed E-state index contributed by atoms with van der Waals surface area (Å²) >= 11 is 2.41. The summed E-state index contributed by atoms with van der Waals surface area (Å²) < 4.78 is 26.6. The van der Waals surface area contributed by atoms with Crippen LogP contribution < -0.4 is 5.32 Å². The van der Waals surface area contributed by atoms with E-state index in [1.54, 1.807) is 12.3 Å². The van der Waals surface area contributed by atoms with Crippen molar-refractivity contribution in [3.8, 4) is 11.3 Å². The Balaban J connectivity index is 1.34. The Hall–Kier alpha value is -3.37. The minimum absolute atomic E-state index is 0.271. The van der Waals surface area contributed by atoms with Gasteiger partial charge in [0.15, 0.2) is 16.8 Å². The van der Waals surface area contributed by atoms with Crippen LogP contribution in [0.4, 0.5) is 13.9 Å². The first-order valence-electron chi connectivity index (χ1n) is 9.52. The predicted octanol–water partition coefficient (Wildman–Crippen LogP) is 5.50.